The monoisotopic (exact) mass is 381 g/mol. The summed E-state index contributed by atoms with van der Waals surface area (Å²) in [7, 11) is 0. The fraction of sp³-hybridized carbons (Fsp3) is 0.476. The average molecular weight is 382 g/mol. The highest BCUT2D eigenvalue weighted by Gasteiger charge is 2.25. The zero-order chi connectivity index (χ0) is 18.2. The van der Waals surface area contributed by atoms with Gasteiger partial charge in [-0.15, -0.1) is 10.2 Å². The molecule has 1 aliphatic carbocycles. The third-order valence-electron chi connectivity index (χ3n) is 5.93. The van der Waals surface area contributed by atoms with E-state index in [2.05, 4.69) is 48.9 Å². The largest absolute Gasteiger partial charge is 0.299 e. The highest BCUT2D eigenvalue weighted by molar-refractivity contribution is 6.34. The van der Waals surface area contributed by atoms with Gasteiger partial charge in [0, 0.05) is 37.0 Å². The smallest absolute Gasteiger partial charge is 0.179 e. The van der Waals surface area contributed by atoms with Crippen molar-refractivity contribution in [3.8, 4) is 0 Å². The number of pyridine rings is 2. The fourth-order valence-electron chi connectivity index (χ4n) is 4.10. The predicted octanol–water partition coefficient (Wildman–Crippen LogP) is 4.11. The molecule has 0 amide bonds. The number of hydrogen-bond acceptors (Lipinski definition) is 4. The minimum absolute atomic E-state index is 0.571. The van der Waals surface area contributed by atoms with Gasteiger partial charge < -0.3 is 0 Å². The second-order valence-corrected chi connectivity index (χ2v) is 8.30. The third-order valence-corrected chi connectivity index (χ3v) is 6.34. The number of likely N-dealkylation sites (tertiary alicyclic amines) is 1. The van der Waals surface area contributed by atoms with Crippen LogP contribution in [-0.2, 0) is 13.0 Å². The van der Waals surface area contributed by atoms with Gasteiger partial charge in [0.1, 0.15) is 5.82 Å². The highest BCUT2D eigenvalue weighted by Crippen LogP contribution is 2.33. The molecule has 1 aliphatic heterocycles. The van der Waals surface area contributed by atoms with E-state index in [9.17, 15) is 0 Å². The van der Waals surface area contributed by atoms with Gasteiger partial charge in [0.2, 0.25) is 0 Å². The maximum atomic E-state index is 6.69. The molecule has 27 heavy (non-hydrogen) atoms. The van der Waals surface area contributed by atoms with Crippen LogP contribution in [0, 0.1) is 5.92 Å². The predicted molar refractivity (Wildman–Crippen MR) is 106 cm³/mol. The van der Waals surface area contributed by atoms with Crippen molar-refractivity contribution in [1.29, 1.82) is 0 Å². The first-order valence-electron chi connectivity index (χ1n) is 9.92. The summed E-state index contributed by atoms with van der Waals surface area (Å²) in [5.74, 6) is 2.40. The number of rotatable bonds is 5. The minimum atomic E-state index is 0.571. The first kappa shape index (κ1) is 17.1. The summed E-state index contributed by atoms with van der Waals surface area (Å²) in [6, 6.07) is 8.35. The maximum Gasteiger partial charge on any atom is 0.179 e. The second kappa shape index (κ2) is 7.21. The molecule has 3 aromatic heterocycles. The Morgan fingerprint density at radius 2 is 1.89 bits per heavy atom. The van der Waals surface area contributed by atoms with E-state index in [0.717, 1.165) is 66.9 Å². The lowest BCUT2D eigenvalue weighted by Gasteiger charge is -2.31. The average Bonchev–Trinajstić information content (AvgIpc) is 3.44. The van der Waals surface area contributed by atoms with Crippen molar-refractivity contribution in [3.05, 3.63) is 58.8 Å². The normalized spacial score (nSPS) is 19.0. The molecule has 140 valence electrons. The molecular formula is C21H24ClN5. The summed E-state index contributed by atoms with van der Waals surface area (Å²) in [5, 5.41) is 9.48. The summed E-state index contributed by atoms with van der Waals surface area (Å²) >= 11 is 6.69. The molecule has 0 radical (unpaired) electrons. The van der Waals surface area contributed by atoms with Crippen LogP contribution >= 0.6 is 11.6 Å². The molecule has 0 N–H and O–H groups in total. The number of halogens is 1. The van der Waals surface area contributed by atoms with Gasteiger partial charge in [-0.3, -0.25) is 14.3 Å². The van der Waals surface area contributed by atoms with Gasteiger partial charge in [-0.25, -0.2) is 0 Å². The van der Waals surface area contributed by atoms with Crippen LogP contribution in [0.25, 0.3) is 5.65 Å². The standard InChI is InChI=1S/C21H24ClN5/c22-20-17(8-12-27-19(13-15-4-5-15)24-25-21(20)27)14-26-10-6-16(7-11-26)18-3-1-2-9-23-18/h1-3,8-9,12,15-16H,4-7,10-11,13-14H2. The van der Waals surface area contributed by atoms with Crippen molar-refractivity contribution in [3.63, 3.8) is 0 Å². The molecule has 0 unspecified atom stereocenters. The van der Waals surface area contributed by atoms with Crippen molar-refractivity contribution in [2.24, 2.45) is 5.92 Å². The molecule has 0 bridgehead atoms. The molecule has 0 atom stereocenters. The summed E-state index contributed by atoms with van der Waals surface area (Å²) in [6.45, 7) is 3.01. The number of aromatic nitrogens is 4. The minimum Gasteiger partial charge on any atom is -0.299 e. The van der Waals surface area contributed by atoms with Crippen LogP contribution in [0.1, 0.15) is 48.7 Å². The Labute approximate surface area is 164 Å². The summed E-state index contributed by atoms with van der Waals surface area (Å²) in [5.41, 5.74) is 3.17. The summed E-state index contributed by atoms with van der Waals surface area (Å²) in [6.07, 6.45) is 9.92. The van der Waals surface area contributed by atoms with Crippen molar-refractivity contribution in [1.82, 2.24) is 24.5 Å². The number of nitrogens with zero attached hydrogens (tertiary/aromatic N) is 5. The van der Waals surface area contributed by atoms with Crippen LogP contribution in [0.5, 0.6) is 0 Å². The molecule has 0 aromatic carbocycles. The molecule has 1 saturated carbocycles. The first-order chi connectivity index (χ1) is 13.3. The Morgan fingerprint density at radius 3 is 2.63 bits per heavy atom. The van der Waals surface area contributed by atoms with Gasteiger partial charge in [0.15, 0.2) is 5.65 Å². The van der Waals surface area contributed by atoms with E-state index in [1.54, 1.807) is 0 Å². The third kappa shape index (κ3) is 3.58. The molecule has 0 spiro atoms. The number of piperidine rings is 1. The Balaban J connectivity index is 1.27. The number of fused-ring (bicyclic) bond motifs is 1. The van der Waals surface area contributed by atoms with Crippen LogP contribution in [0.2, 0.25) is 5.02 Å². The van der Waals surface area contributed by atoms with Gasteiger partial charge in [0.25, 0.3) is 0 Å². The lowest BCUT2D eigenvalue weighted by atomic mass is 9.93. The van der Waals surface area contributed by atoms with E-state index >= 15 is 0 Å². The molecule has 5 nitrogen and oxygen atoms in total. The highest BCUT2D eigenvalue weighted by atomic mass is 35.5. The molecule has 5 rings (SSSR count). The fourth-order valence-corrected chi connectivity index (χ4v) is 4.35. The van der Waals surface area contributed by atoms with Gasteiger partial charge in [-0.05, 0) is 68.5 Å². The van der Waals surface area contributed by atoms with Crippen LogP contribution in [0.3, 0.4) is 0 Å². The number of hydrogen-bond donors (Lipinski definition) is 0. The van der Waals surface area contributed by atoms with Gasteiger partial charge >= 0.3 is 0 Å². The van der Waals surface area contributed by atoms with Crippen molar-refractivity contribution in [2.75, 3.05) is 13.1 Å². The molecular weight excluding hydrogens is 358 g/mol. The molecule has 3 aromatic rings. The molecule has 6 heteroatoms. The zero-order valence-corrected chi connectivity index (χ0v) is 16.1. The topological polar surface area (TPSA) is 46.3 Å². The Hall–Kier alpha value is -1.98. The lowest BCUT2D eigenvalue weighted by Crippen LogP contribution is -2.32. The van der Waals surface area contributed by atoms with E-state index in [-0.39, 0.29) is 0 Å². The van der Waals surface area contributed by atoms with Gasteiger partial charge in [-0.1, -0.05) is 17.7 Å². The van der Waals surface area contributed by atoms with Crippen molar-refractivity contribution in [2.45, 2.75) is 44.6 Å². The zero-order valence-electron chi connectivity index (χ0n) is 15.4. The van der Waals surface area contributed by atoms with Gasteiger partial charge in [-0.2, -0.15) is 0 Å². The first-order valence-corrected chi connectivity index (χ1v) is 10.3. The van der Waals surface area contributed by atoms with Crippen molar-refractivity contribution < 1.29 is 0 Å². The van der Waals surface area contributed by atoms with Crippen molar-refractivity contribution >= 4 is 17.2 Å². The molecule has 2 fully saturated rings. The Bertz CT molecular complexity index is 926. The van der Waals surface area contributed by atoms with Crippen LogP contribution in [0.4, 0.5) is 0 Å². The van der Waals surface area contributed by atoms with Crippen LogP contribution in [0.15, 0.2) is 36.7 Å². The van der Waals surface area contributed by atoms with E-state index < -0.39 is 0 Å². The lowest BCUT2D eigenvalue weighted by molar-refractivity contribution is 0.203. The van der Waals surface area contributed by atoms with E-state index in [1.807, 2.05) is 12.3 Å². The Kier molecular flexibility index (Phi) is 4.58. The van der Waals surface area contributed by atoms with Gasteiger partial charge in [0.05, 0.1) is 5.02 Å². The van der Waals surface area contributed by atoms with Crippen LogP contribution < -0.4 is 0 Å². The van der Waals surface area contributed by atoms with Crippen LogP contribution in [-0.4, -0.2) is 37.6 Å². The maximum absolute atomic E-state index is 6.69. The van der Waals surface area contributed by atoms with E-state index in [0.29, 0.717) is 5.92 Å². The Morgan fingerprint density at radius 1 is 1.04 bits per heavy atom. The SMILES string of the molecule is Clc1c(CN2CCC(c3ccccn3)CC2)ccn2c(CC3CC3)nnc12. The molecule has 1 saturated heterocycles. The summed E-state index contributed by atoms with van der Waals surface area (Å²) in [4.78, 5) is 7.01. The second-order valence-electron chi connectivity index (χ2n) is 7.92. The molecule has 4 heterocycles. The van der Waals surface area contributed by atoms with E-state index in [1.165, 1.54) is 18.5 Å². The van der Waals surface area contributed by atoms with E-state index in [4.69, 9.17) is 11.6 Å². The summed E-state index contributed by atoms with van der Waals surface area (Å²) < 4.78 is 2.07. The molecule has 2 aliphatic rings. The quantitative estimate of drug-likeness (QED) is 0.667.